The van der Waals surface area contributed by atoms with E-state index < -0.39 is 5.60 Å². The van der Waals surface area contributed by atoms with Crippen LogP contribution in [0.3, 0.4) is 0 Å². The lowest BCUT2D eigenvalue weighted by molar-refractivity contribution is -0.141. The predicted octanol–water partition coefficient (Wildman–Crippen LogP) is 3.61. The Hall–Kier alpha value is -2.37. The normalized spacial score (nSPS) is 18.8. The van der Waals surface area contributed by atoms with Gasteiger partial charge in [0.05, 0.1) is 7.11 Å². The molecule has 0 aromatic heterocycles. The molecule has 5 heteroatoms. The van der Waals surface area contributed by atoms with Crippen LogP contribution in [0.5, 0.6) is 5.75 Å². The van der Waals surface area contributed by atoms with Crippen LogP contribution in [0.2, 0.25) is 0 Å². The molecule has 1 fully saturated rings. The van der Waals surface area contributed by atoms with Gasteiger partial charge in [-0.25, -0.2) is 0 Å². The van der Waals surface area contributed by atoms with Crippen LogP contribution in [0.25, 0.3) is 11.1 Å². The second kappa shape index (κ2) is 9.71. The molecule has 28 heavy (non-hydrogen) atoms. The summed E-state index contributed by atoms with van der Waals surface area (Å²) in [5.41, 5.74) is 2.41. The highest BCUT2D eigenvalue weighted by atomic mass is 16.5. The van der Waals surface area contributed by atoms with Gasteiger partial charge in [0, 0.05) is 38.9 Å². The van der Waals surface area contributed by atoms with Crippen LogP contribution in [0.15, 0.2) is 48.5 Å². The van der Waals surface area contributed by atoms with E-state index in [1.54, 1.807) is 14.2 Å². The molecule has 1 aliphatic rings. The predicted molar refractivity (Wildman–Crippen MR) is 110 cm³/mol. The Morgan fingerprint density at radius 2 is 2.04 bits per heavy atom. The van der Waals surface area contributed by atoms with Crippen LogP contribution >= 0.6 is 0 Å². The first-order valence-corrected chi connectivity index (χ1v) is 9.82. The van der Waals surface area contributed by atoms with Crippen molar-refractivity contribution in [3.05, 3.63) is 54.1 Å². The van der Waals surface area contributed by atoms with Gasteiger partial charge in [-0.3, -0.25) is 4.79 Å². The van der Waals surface area contributed by atoms with Crippen molar-refractivity contribution >= 4 is 5.91 Å². The van der Waals surface area contributed by atoms with Gasteiger partial charge in [0.2, 0.25) is 0 Å². The van der Waals surface area contributed by atoms with Crippen LogP contribution in [0.1, 0.15) is 24.8 Å². The van der Waals surface area contributed by atoms with Gasteiger partial charge in [-0.15, -0.1) is 0 Å². The molecule has 150 valence electrons. The largest absolute Gasteiger partial charge is 0.496 e. The summed E-state index contributed by atoms with van der Waals surface area (Å²) in [5, 5.41) is 3.02. The minimum absolute atomic E-state index is 0.0243. The second-order valence-electron chi connectivity index (χ2n) is 7.13. The van der Waals surface area contributed by atoms with Gasteiger partial charge in [-0.05, 0) is 36.5 Å². The van der Waals surface area contributed by atoms with Crippen molar-refractivity contribution < 1.29 is 19.0 Å². The Morgan fingerprint density at radius 3 is 2.79 bits per heavy atom. The molecule has 2 aromatic rings. The van der Waals surface area contributed by atoms with E-state index in [9.17, 15) is 4.79 Å². The number of para-hydroxylation sites is 1. The van der Waals surface area contributed by atoms with Crippen molar-refractivity contribution in [2.45, 2.75) is 31.3 Å². The highest BCUT2D eigenvalue weighted by molar-refractivity contribution is 5.86. The van der Waals surface area contributed by atoms with Gasteiger partial charge in [0.25, 0.3) is 5.91 Å². The van der Waals surface area contributed by atoms with Crippen LogP contribution in [0, 0.1) is 0 Å². The smallest absolute Gasteiger partial charge is 0.252 e. The highest BCUT2D eigenvalue weighted by Gasteiger charge is 2.42. The molecule has 0 bridgehead atoms. The molecule has 1 aliphatic heterocycles. The molecule has 0 aliphatic carbocycles. The summed E-state index contributed by atoms with van der Waals surface area (Å²) in [7, 11) is 3.34. The molecule has 1 atom stereocenters. The third-order valence-corrected chi connectivity index (χ3v) is 5.16. The van der Waals surface area contributed by atoms with Gasteiger partial charge in [-0.1, -0.05) is 42.5 Å². The van der Waals surface area contributed by atoms with Crippen LogP contribution in [-0.2, 0) is 20.7 Å². The van der Waals surface area contributed by atoms with Crippen molar-refractivity contribution in [2.75, 3.05) is 34.0 Å². The van der Waals surface area contributed by atoms with Crippen molar-refractivity contribution in [3.63, 3.8) is 0 Å². The van der Waals surface area contributed by atoms with Crippen molar-refractivity contribution in [2.24, 2.45) is 0 Å². The summed E-state index contributed by atoms with van der Waals surface area (Å²) in [6.07, 6.45) is 2.99. The second-order valence-corrected chi connectivity index (χ2v) is 7.13. The fourth-order valence-corrected chi connectivity index (χ4v) is 3.74. The summed E-state index contributed by atoms with van der Waals surface area (Å²) < 4.78 is 16.5. The Bertz CT molecular complexity index is 784. The molecule has 5 nitrogen and oxygen atoms in total. The SMILES string of the molecule is COCCCNC(=O)[C@@]1(Cc2cccc(-c3ccccc3OC)c2)CCCO1. The number of ether oxygens (including phenoxy) is 3. The third-order valence-electron chi connectivity index (χ3n) is 5.16. The summed E-state index contributed by atoms with van der Waals surface area (Å²) >= 11 is 0. The maximum absolute atomic E-state index is 12.9. The van der Waals surface area contributed by atoms with E-state index in [1.807, 2.05) is 30.3 Å². The summed E-state index contributed by atoms with van der Waals surface area (Å²) in [6, 6.07) is 16.2. The molecular formula is C23H29NO4. The standard InChI is InChI=1S/C23H29NO4/c1-26-14-7-13-24-22(25)23(12-6-15-28-23)17-18-8-5-9-19(16-18)20-10-3-4-11-21(20)27-2/h3-5,8-11,16H,6-7,12-15,17H2,1-2H3,(H,24,25)/t23-/m0/s1. The topological polar surface area (TPSA) is 56.8 Å². The Kier molecular flexibility index (Phi) is 7.06. The summed E-state index contributed by atoms with van der Waals surface area (Å²) in [5.74, 6) is 0.811. The fraction of sp³-hybridized carbons (Fsp3) is 0.435. The molecule has 1 amide bonds. The minimum atomic E-state index is -0.785. The maximum atomic E-state index is 12.9. The minimum Gasteiger partial charge on any atom is -0.496 e. The number of methoxy groups -OCH3 is 2. The van der Waals surface area contributed by atoms with Gasteiger partial charge >= 0.3 is 0 Å². The molecule has 0 saturated carbocycles. The van der Waals surface area contributed by atoms with Gasteiger partial charge in [0.15, 0.2) is 5.60 Å². The summed E-state index contributed by atoms with van der Waals surface area (Å²) in [4.78, 5) is 12.9. The van der Waals surface area contributed by atoms with E-state index >= 15 is 0 Å². The molecule has 0 radical (unpaired) electrons. The lowest BCUT2D eigenvalue weighted by atomic mass is 9.89. The van der Waals surface area contributed by atoms with Crippen LogP contribution in [-0.4, -0.2) is 45.5 Å². The number of nitrogens with one attached hydrogen (secondary N) is 1. The summed E-state index contributed by atoms with van der Waals surface area (Å²) in [6.45, 7) is 1.85. The number of benzene rings is 2. The Labute approximate surface area is 167 Å². The van der Waals surface area contributed by atoms with Crippen molar-refractivity contribution in [3.8, 4) is 16.9 Å². The molecular weight excluding hydrogens is 354 g/mol. The van der Waals surface area contributed by atoms with Gasteiger partial charge in [0.1, 0.15) is 5.75 Å². The zero-order chi connectivity index (χ0) is 19.8. The van der Waals surface area contributed by atoms with E-state index in [2.05, 4.69) is 23.5 Å². The first kappa shape index (κ1) is 20.4. The molecule has 0 unspecified atom stereocenters. The lowest BCUT2D eigenvalue weighted by Gasteiger charge is -2.27. The fourth-order valence-electron chi connectivity index (χ4n) is 3.74. The highest BCUT2D eigenvalue weighted by Crippen LogP contribution is 2.33. The average molecular weight is 383 g/mol. The number of hydrogen-bond acceptors (Lipinski definition) is 4. The van der Waals surface area contributed by atoms with E-state index in [1.165, 1.54) is 0 Å². The zero-order valence-electron chi connectivity index (χ0n) is 16.7. The number of rotatable bonds is 9. The number of carbonyl (C=O) groups is 1. The molecule has 1 heterocycles. The van der Waals surface area contributed by atoms with E-state index in [0.29, 0.717) is 26.2 Å². The zero-order valence-corrected chi connectivity index (χ0v) is 16.7. The lowest BCUT2D eigenvalue weighted by Crippen LogP contribution is -2.48. The Morgan fingerprint density at radius 1 is 1.18 bits per heavy atom. The van der Waals surface area contributed by atoms with Crippen molar-refractivity contribution in [1.82, 2.24) is 5.32 Å². The number of carbonyl (C=O) groups excluding carboxylic acids is 1. The van der Waals surface area contributed by atoms with Gasteiger partial charge < -0.3 is 19.5 Å². The molecule has 1 saturated heterocycles. The van der Waals surface area contributed by atoms with Gasteiger partial charge in [-0.2, -0.15) is 0 Å². The number of amides is 1. The van der Waals surface area contributed by atoms with Crippen LogP contribution < -0.4 is 10.1 Å². The quantitative estimate of drug-likeness (QED) is 0.672. The molecule has 2 aromatic carbocycles. The molecule has 0 spiro atoms. The van der Waals surface area contributed by atoms with Crippen molar-refractivity contribution in [1.29, 1.82) is 0 Å². The maximum Gasteiger partial charge on any atom is 0.252 e. The van der Waals surface area contributed by atoms with E-state index in [4.69, 9.17) is 14.2 Å². The average Bonchev–Trinajstić information content (AvgIpc) is 3.21. The first-order valence-electron chi connectivity index (χ1n) is 9.82. The molecule has 1 N–H and O–H groups in total. The number of hydrogen-bond donors (Lipinski definition) is 1. The van der Waals surface area contributed by atoms with E-state index in [-0.39, 0.29) is 5.91 Å². The third kappa shape index (κ3) is 4.72. The Balaban J connectivity index is 1.78. The first-order chi connectivity index (χ1) is 13.7. The van der Waals surface area contributed by atoms with Crippen LogP contribution in [0.4, 0.5) is 0 Å². The van der Waals surface area contributed by atoms with E-state index in [0.717, 1.165) is 41.7 Å². The molecule has 3 rings (SSSR count). The monoisotopic (exact) mass is 383 g/mol.